The number of pyridine rings is 1. The zero-order valence-electron chi connectivity index (χ0n) is 10.1. The Morgan fingerprint density at radius 2 is 2.28 bits per heavy atom. The highest BCUT2D eigenvalue weighted by atomic mass is 32.2. The molecule has 0 aromatic carbocycles. The Labute approximate surface area is 106 Å². The normalized spacial score (nSPS) is 21.1. The Hall–Kier alpha value is -1.22. The van der Waals surface area contributed by atoms with Gasteiger partial charge in [-0.3, -0.25) is 0 Å². The molecule has 1 saturated heterocycles. The van der Waals surface area contributed by atoms with E-state index < -0.39 is 10.0 Å². The summed E-state index contributed by atoms with van der Waals surface area (Å²) in [5.74, 6) is 5.60. The van der Waals surface area contributed by atoms with Gasteiger partial charge in [-0.15, -0.1) is 0 Å². The van der Waals surface area contributed by atoms with Crippen LogP contribution in [0, 0.1) is 0 Å². The van der Waals surface area contributed by atoms with Gasteiger partial charge in [-0.05, 0) is 32.1 Å². The van der Waals surface area contributed by atoms with E-state index in [1.807, 2.05) is 7.05 Å². The number of aromatic nitrogens is 1. The maximum Gasteiger partial charge on any atom is 0.242 e. The zero-order chi connectivity index (χ0) is 13.2. The number of nitrogens with two attached hydrogens (primary N) is 1. The third-order valence-electron chi connectivity index (χ3n) is 2.91. The molecule has 1 fully saturated rings. The summed E-state index contributed by atoms with van der Waals surface area (Å²) in [6, 6.07) is 2.96. The molecule has 8 heteroatoms. The number of nitrogen functional groups attached to an aromatic ring is 1. The molecule has 4 N–H and O–H groups in total. The number of hydrogen-bond donors (Lipinski definition) is 3. The molecule has 2 heterocycles. The van der Waals surface area contributed by atoms with Crippen LogP contribution in [0.25, 0.3) is 0 Å². The Bertz CT molecular complexity index is 502. The van der Waals surface area contributed by atoms with Gasteiger partial charge in [-0.2, -0.15) is 0 Å². The van der Waals surface area contributed by atoms with E-state index >= 15 is 0 Å². The van der Waals surface area contributed by atoms with Crippen LogP contribution < -0.4 is 16.0 Å². The topological polar surface area (TPSA) is 100 Å². The van der Waals surface area contributed by atoms with Crippen LogP contribution in [0.1, 0.15) is 6.42 Å². The number of hydrogen-bond acceptors (Lipinski definition) is 6. The molecule has 0 aliphatic carbocycles. The monoisotopic (exact) mass is 271 g/mol. The van der Waals surface area contributed by atoms with E-state index in [1.165, 1.54) is 18.3 Å². The second-order valence-electron chi connectivity index (χ2n) is 4.39. The molecule has 1 aliphatic heterocycles. The molecule has 1 aliphatic rings. The second kappa shape index (κ2) is 5.19. The number of likely N-dealkylation sites (N-methyl/N-ethyl adjacent to an activating group) is 1. The van der Waals surface area contributed by atoms with Gasteiger partial charge >= 0.3 is 0 Å². The molecule has 18 heavy (non-hydrogen) atoms. The minimum Gasteiger partial charge on any atom is -0.308 e. The number of hydrazine groups is 1. The van der Waals surface area contributed by atoms with E-state index in [0.29, 0.717) is 5.82 Å². The average molecular weight is 271 g/mol. The summed E-state index contributed by atoms with van der Waals surface area (Å²) in [5.41, 5.74) is 2.35. The number of sulfonamides is 1. The Morgan fingerprint density at radius 1 is 1.50 bits per heavy atom. The third kappa shape index (κ3) is 2.96. The van der Waals surface area contributed by atoms with Gasteiger partial charge in [0.05, 0.1) is 0 Å². The SMILES string of the molecule is CN1CCC(NS(=O)(=O)c2ccc(NN)nc2)C1. The molecular formula is C10H17N5O2S. The summed E-state index contributed by atoms with van der Waals surface area (Å²) in [4.78, 5) is 6.13. The van der Waals surface area contributed by atoms with Gasteiger partial charge in [0.15, 0.2) is 0 Å². The highest BCUT2D eigenvalue weighted by Crippen LogP contribution is 2.13. The van der Waals surface area contributed by atoms with Crippen molar-refractivity contribution in [3.05, 3.63) is 18.3 Å². The molecule has 7 nitrogen and oxygen atoms in total. The van der Waals surface area contributed by atoms with Gasteiger partial charge < -0.3 is 10.3 Å². The van der Waals surface area contributed by atoms with Crippen LogP contribution in [-0.4, -0.2) is 44.5 Å². The Morgan fingerprint density at radius 3 is 2.78 bits per heavy atom. The Kier molecular flexibility index (Phi) is 3.81. The van der Waals surface area contributed by atoms with Crippen molar-refractivity contribution in [3.63, 3.8) is 0 Å². The molecule has 0 radical (unpaired) electrons. The lowest BCUT2D eigenvalue weighted by Gasteiger charge is -2.13. The lowest BCUT2D eigenvalue weighted by molar-refractivity contribution is 0.407. The number of likely N-dealkylation sites (tertiary alicyclic amines) is 1. The van der Waals surface area contributed by atoms with Gasteiger partial charge in [0.1, 0.15) is 10.7 Å². The highest BCUT2D eigenvalue weighted by molar-refractivity contribution is 7.89. The summed E-state index contributed by atoms with van der Waals surface area (Å²) in [6.45, 7) is 1.64. The van der Waals surface area contributed by atoms with Crippen LogP contribution >= 0.6 is 0 Å². The Balaban J connectivity index is 2.10. The molecule has 100 valence electrons. The molecule has 0 amide bonds. The van der Waals surface area contributed by atoms with Crippen LogP contribution in [0.3, 0.4) is 0 Å². The summed E-state index contributed by atoms with van der Waals surface area (Å²) in [6.07, 6.45) is 2.11. The van der Waals surface area contributed by atoms with Gasteiger partial charge in [0, 0.05) is 18.8 Å². The molecule has 1 aromatic rings. The van der Waals surface area contributed by atoms with E-state index in [0.717, 1.165) is 19.5 Å². The summed E-state index contributed by atoms with van der Waals surface area (Å²) in [5, 5.41) is 0. The highest BCUT2D eigenvalue weighted by Gasteiger charge is 2.25. The van der Waals surface area contributed by atoms with E-state index in [-0.39, 0.29) is 10.9 Å². The smallest absolute Gasteiger partial charge is 0.242 e. The van der Waals surface area contributed by atoms with Crippen molar-refractivity contribution >= 4 is 15.8 Å². The van der Waals surface area contributed by atoms with Crippen LogP contribution in [0.2, 0.25) is 0 Å². The van der Waals surface area contributed by atoms with Crippen molar-refractivity contribution in [2.24, 2.45) is 5.84 Å². The minimum absolute atomic E-state index is 0.0349. The molecule has 2 rings (SSSR count). The minimum atomic E-state index is -3.50. The number of anilines is 1. The molecule has 1 aromatic heterocycles. The number of nitrogens with zero attached hydrogens (tertiary/aromatic N) is 2. The van der Waals surface area contributed by atoms with Crippen LogP contribution in [0.15, 0.2) is 23.2 Å². The van der Waals surface area contributed by atoms with Gasteiger partial charge in [-0.25, -0.2) is 24.0 Å². The number of nitrogens with one attached hydrogen (secondary N) is 2. The number of rotatable bonds is 4. The van der Waals surface area contributed by atoms with Crippen molar-refractivity contribution < 1.29 is 8.42 Å². The first kappa shape index (κ1) is 13.2. The third-order valence-corrected chi connectivity index (χ3v) is 4.41. The van der Waals surface area contributed by atoms with E-state index in [9.17, 15) is 8.42 Å². The summed E-state index contributed by atoms with van der Waals surface area (Å²) < 4.78 is 26.8. The van der Waals surface area contributed by atoms with Gasteiger partial charge in [0.25, 0.3) is 0 Å². The largest absolute Gasteiger partial charge is 0.308 e. The first-order chi connectivity index (χ1) is 8.51. The van der Waals surface area contributed by atoms with Gasteiger partial charge in [-0.1, -0.05) is 0 Å². The van der Waals surface area contributed by atoms with Crippen LogP contribution in [0.5, 0.6) is 0 Å². The zero-order valence-corrected chi connectivity index (χ0v) is 10.9. The molecule has 1 atom stereocenters. The summed E-state index contributed by atoms with van der Waals surface area (Å²) in [7, 11) is -1.53. The van der Waals surface area contributed by atoms with Crippen LogP contribution in [0.4, 0.5) is 5.82 Å². The predicted molar refractivity (Wildman–Crippen MR) is 68.3 cm³/mol. The molecule has 0 saturated carbocycles. The van der Waals surface area contributed by atoms with E-state index in [1.54, 1.807) is 0 Å². The maximum atomic E-state index is 12.1. The lowest BCUT2D eigenvalue weighted by atomic mass is 10.3. The van der Waals surface area contributed by atoms with Crippen molar-refractivity contribution in [2.45, 2.75) is 17.4 Å². The fourth-order valence-corrected chi connectivity index (χ4v) is 3.15. The second-order valence-corrected chi connectivity index (χ2v) is 6.11. The lowest BCUT2D eigenvalue weighted by Crippen LogP contribution is -2.36. The fourth-order valence-electron chi connectivity index (χ4n) is 1.94. The molecular weight excluding hydrogens is 254 g/mol. The average Bonchev–Trinajstić information content (AvgIpc) is 2.74. The first-order valence-corrected chi connectivity index (χ1v) is 7.13. The van der Waals surface area contributed by atoms with E-state index in [2.05, 4.69) is 20.0 Å². The van der Waals surface area contributed by atoms with Crippen molar-refractivity contribution in [3.8, 4) is 0 Å². The van der Waals surface area contributed by atoms with E-state index in [4.69, 9.17) is 5.84 Å². The fraction of sp³-hybridized carbons (Fsp3) is 0.500. The quantitative estimate of drug-likeness (QED) is 0.497. The maximum absolute atomic E-state index is 12.1. The molecule has 0 spiro atoms. The van der Waals surface area contributed by atoms with Gasteiger partial charge in [0.2, 0.25) is 10.0 Å². The molecule has 0 bridgehead atoms. The standard InChI is InChI=1S/C10H17N5O2S/c1-15-5-4-8(7-15)14-18(16,17)9-2-3-10(13-11)12-6-9/h2-3,6,8,14H,4-5,7,11H2,1H3,(H,12,13). The molecule has 1 unspecified atom stereocenters. The first-order valence-electron chi connectivity index (χ1n) is 5.65. The van der Waals surface area contributed by atoms with Crippen molar-refractivity contribution in [1.82, 2.24) is 14.6 Å². The summed E-state index contributed by atoms with van der Waals surface area (Å²) >= 11 is 0. The predicted octanol–water partition coefficient (Wildman–Crippen LogP) is -0.650. The van der Waals surface area contributed by atoms with Crippen molar-refractivity contribution in [2.75, 3.05) is 25.6 Å². The van der Waals surface area contributed by atoms with Crippen LogP contribution in [-0.2, 0) is 10.0 Å². The van der Waals surface area contributed by atoms with Crippen molar-refractivity contribution in [1.29, 1.82) is 0 Å².